The number of phenolic OH excluding ortho intramolecular Hbond substituents is 2. The van der Waals surface area contributed by atoms with Gasteiger partial charge in [0.15, 0.2) is 0 Å². The van der Waals surface area contributed by atoms with Crippen LogP contribution in [0.2, 0.25) is 0 Å². The van der Waals surface area contributed by atoms with Gasteiger partial charge in [-0.15, -0.1) is 0 Å². The lowest BCUT2D eigenvalue weighted by atomic mass is 9.96. The number of rotatable bonds is 9. The Morgan fingerprint density at radius 3 is 1.22 bits per heavy atom. The third-order valence-corrected chi connectivity index (χ3v) is 6.61. The van der Waals surface area contributed by atoms with Crippen LogP contribution >= 0.6 is 0 Å². The van der Waals surface area contributed by atoms with E-state index in [4.69, 9.17) is 0 Å². The van der Waals surface area contributed by atoms with E-state index in [9.17, 15) is 10.2 Å². The zero-order chi connectivity index (χ0) is 23.3. The Hall–Kier alpha value is -1.96. The van der Waals surface area contributed by atoms with Crippen molar-refractivity contribution in [1.82, 2.24) is 0 Å². The minimum atomic E-state index is 0.357. The van der Waals surface area contributed by atoms with Gasteiger partial charge in [0, 0.05) is 0 Å². The van der Waals surface area contributed by atoms with Crippen molar-refractivity contribution in [1.29, 1.82) is 0 Å². The normalized spacial score (nSPS) is 13.8. The first kappa shape index (κ1) is 26.3. The number of phenols is 2. The number of aryl methyl sites for hydroxylation is 2. The summed E-state index contributed by atoms with van der Waals surface area (Å²) in [5.74, 6) is 1.55. The zero-order valence-electron chi connectivity index (χ0n) is 21.0. The molecule has 2 aromatic carbocycles. The molecule has 0 saturated heterocycles. The first-order valence-corrected chi connectivity index (χ1v) is 13.0. The van der Waals surface area contributed by atoms with Gasteiger partial charge in [-0.25, -0.2) is 0 Å². The molecule has 0 amide bonds. The Morgan fingerprint density at radius 1 is 0.562 bits per heavy atom. The molecule has 3 rings (SSSR count). The molecule has 32 heavy (non-hydrogen) atoms. The average Bonchev–Trinajstić information content (AvgIpc) is 2.79. The van der Waals surface area contributed by atoms with Crippen molar-refractivity contribution in [3.63, 3.8) is 0 Å². The zero-order valence-corrected chi connectivity index (χ0v) is 21.0. The van der Waals surface area contributed by atoms with Crippen molar-refractivity contribution in [2.45, 2.75) is 117 Å². The molecule has 0 bridgehead atoms. The summed E-state index contributed by atoms with van der Waals surface area (Å²) < 4.78 is 0. The number of unbranched alkanes of at least 4 members (excludes halogenated alkanes) is 3. The third-order valence-electron chi connectivity index (χ3n) is 6.61. The molecule has 1 fully saturated rings. The Bertz CT molecular complexity index is 714. The summed E-state index contributed by atoms with van der Waals surface area (Å²) in [6.07, 6.45) is 16.0. The summed E-state index contributed by atoms with van der Waals surface area (Å²) in [5, 5.41) is 19.8. The van der Waals surface area contributed by atoms with E-state index in [1.165, 1.54) is 75.3 Å². The number of hydrogen-bond acceptors (Lipinski definition) is 2. The average molecular weight is 439 g/mol. The Balaban J connectivity index is 0.000000520. The topological polar surface area (TPSA) is 40.5 Å². The van der Waals surface area contributed by atoms with Gasteiger partial charge in [0.1, 0.15) is 11.5 Å². The first-order chi connectivity index (χ1) is 15.4. The molecule has 0 aromatic heterocycles. The molecular weight excluding hydrogens is 392 g/mol. The summed E-state index contributed by atoms with van der Waals surface area (Å²) in [7, 11) is 0. The molecule has 0 heterocycles. The Kier molecular flexibility index (Phi) is 11.7. The van der Waals surface area contributed by atoms with Crippen LogP contribution in [0, 0.1) is 0 Å². The van der Waals surface area contributed by atoms with Crippen LogP contribution < -0.4 is 0 Å². The van der Waals surface area contributed by atoms with Gasteiger partial charge in [-0.1, -0.05) is 103 Å². The third kappa shape index (κ3) is 9.27. The fraction of sp³-hybridized carbons (Fsp3) is 0.600. The van der Waals surface area contributed by atoms with E-state index < -0.39 is 0 Å². The second-order valence-corrected chi connectivity index (χ2v) is 10.1. The maximum atomic E-state index is 9.91. The summed E-state index contributed by atoms with van der Waals surface area (Å²) in [6, 6.07) is 12.1. The maximum Gasteiger partial charge on any atom is 0.119 e. The van der Waals surface area contributed by atoms with Crippen LogP contribution in [0.5, 0.6) is 11.5 Å². The van der Waals surface area contributed by atoms with Gasteiger partial charge in [0.05, 0.1) is 0 Å². The molecule has 1 saturated carbocycles. The van der Waals surface area contributed by atoms with Crippen LogP contribution in [0.25, 0.3) is 0 Å². The fourth-order valence-electron chi connectivity index (χ4n) is 4.52. The van der Waals surface area contributed by atoms with Gasteiger partial charge >= 0.3 is 0 Å². The van der Waals surface area contributed by atoms with Gasteiger partial charge in [-0.2, -0.15) is 0 Å². The summed E-state index contributed by atoms with van der Waals surface area (Å²) >= 11 is 0. The highest BCUT2D eigenvalue weighted by molar-refractivity contribution is 5.39. The van der Waals surface area contributed by atoms with E-state index in [2.05, 4.69) is 39.8 Å². The lowest BCUT2D eigenvalue weighted by molar-refractivity contribution is 0.463. The standard InChI is InChI=1S/C24H34O2.C6H12/c1-17(2)21-15-19(11-13-23(21)25)9-7-5-6-8-10-20-12-14-24(26)22(16-20)18(3)4;1-2-4-6-5-3-1/h11-18,25-26H,5-10H2,1-4H3;1-6H2. The van der Waals surface area contributed by atoms with Crippen molar-refractivity contribution in [3.8, 4) is 11.5 Å². The quantitative estimate of drug-likeness (QED) is 0.383. The van der Waals surface area contributed by atoms with Crippen molar-refractivity contribution in [3.05, 3.63) is 58.7 Å². The van der Waals surface area contributed by atoms with E-state index in [1.807, 2.05) is 24.3 Å². The van der Waals surface area contributed by atoms with E-state index in [-0.39, 0.29) is 0 Å². The van der Waals surface area contributed by atoms with E-state index in [0.717, 1.165) is 24.0 Å². The van der Waals surface area contributed by atoms with Crippen LogP contribution in [0.15, 0.2) is 36.4 Å². The lowest BCUT2D eigenvalue weighted by Gasteiger charge is -2.11. The highest BCUT2D eigenvalue weighted by Gasteiger charge is 2.08. The predicted molar refractivity (Wildman–Crippen MR) is 138 cm³/mol. The lowest BCUT2D eigenvalue weighted by Crippen LogP contribution is -1.94. The fourth-order valence-corrected chi connectivity index (χ4v) is 4.52. The minimum Gasteiger partial charge on any atom is -0.508 e. The Labute approximate surface area is 197 Å². The molecule has 0 radical (unpaired) electrons. The molecule has 2 aromatic rings. The van der Waals surface area contributed by atoms with E-state index >= 15 is 0 Å². The smallest absolute Gasteiger partial charge is 0.119 e. The van der Waals surface area contributed by atoms with Crippen molar-refractivity contribution >= 4 is 0 Å². The summed E-state index contributed by atoms with van der Waals surface area (Å²) in [6.45, 7) is 8.47. The second-order valence-electron chi connectivity index (χ2n) is 10.1. The van der Waals surface area contributed by atoms with Crippen molar-refractivity contribution in [2.24, 2.45) is 0 Å². The maximum absolute atomic E-state index is 9.91. The van der Waals surface area contributed by atoms with Crippen LogP contribution in [0.4, 0.5) is 0 Å². The van der Waals surface area contributed by atoms with Crippen LogP contribution in [-0.2, 0) is 12.8 Å². The largest absolute Gasteiger partial charge is 0.508 e. The minimum absolute atomic E-state index is 0.357. The predicted octanol–water partition coefficient (Wildman–Crippen LogP) is 9.03. The molecule has 0 atom stereocenters. The molecule has 2 N–H and O–H groups in total. The molecule has 0 aliphatic heterocycles. The van der Waals surface area contributed by atoms with E-state index in [0.29, 0.717) is 23.3 Å². The van der Waals surface area contributed by atoms with Crippen molar-refractivity contribution < 1.29 is 10.2 Å². The molecule has 0 unspecified atom stereocenters. The van der Waals surface area contributed by atoms with Crippen LogP contribution in [0.1, 0.15) is 126 Å². The van der Waals surface area contributed by atoms with Crippen molar-refractivity contribution in [2.75, 3.05) is 0 Å². The SMILES string of the molecule is C1CCCCC1.CC(C)c1cc(CCCCCCc2ccc(O)c(C(C)C)c2)ccc1O. The summed E-state index contributed by atoms with van der Waals surface area (Å²) in [5.41, 5.74) is 4.75. The first-order valence-electron chi connectivity index (χ1n) is 13.0. The molecule has 2 heteroatoms. The number of benzene rings is 2. The highest BCUT2D eigenvalue weighted by Crippen LogP contribution is 2.28. The van der Waals surface area contributed by atoms with Crippen LogP contribution in [0.3, 0.4) is 0 Å². The van der Waals surface area contributed by atoms with Gasteiger partial charge in [0.25, 0.3) is 0 Å². The van der Waals surface area contributed by atoms with Gasteiger partial charge < -0.3 is 10.2 Å². The monoisotopic (exact) mass is 438 g/mol. The van der Waals surface area contributed by atoms with Gasteiger partial charge in [-0.05, 0) is 71.9 Å². The highest BCUT2D eigenvalue weighted by atomic mass is 16.3. The number of hydrogen-bond donors (Lipinski definition) is 2. The summed E-state index contributed by atoms with van der Waals surface area (Å²) in [4.78, 5) is 0. The molecule has 1 aliphatic carbocycles. The molecule has 2 nitrogen and oxygen atoms in total. The molecule has 0 spiro atoms. The molecular formula is C30H46O2. The number of aromatic hydroxyl groups is 2. The Morgan fingerprint density at radius 2 is 0.906 bits per heavy atom. The molecule has 178 valence electrons. The van der Waals surface area contributed by atoms with Gasteiger partial charge in [-0.3, -0.25) is 0 Å². The second kappa shape index (κ2) is 14.2. The van der Waals surface area contributed by atoms with Gasteiger partial charge in [0.2, 0.25) is 0 Å². The van der Waals surface area contributed by atoms with E-state index in [1.54, 1.807) is 0 Å². The van der Waals surface area contributed by atoms with Crippen LogP contribution in [-0.4, -0.2) is 10.2 Å². The molecule has 1 aliphatic rings.